The summed E-state index contributed by atoms with van der Waals surface area (Å²) < 4.78 is 11.6. The summed E-state index contributed by atoms with van der Waals surface area (Å²) in [5.41, 5.74) is -1.13. The van der Waals surface area contributed by atoms with E-state index in [2.05, 4.69) is 4.98 Å². The largest absolute Gasteiger partial charge is 0.457 e. The van der Waals surface area contributed by atoms with Crippen molar-refractivity contribution in [1.82, 2.24) is 9.55 Å². The highest BCUT2D eigenvalue weighted by atomic mass is 16.6. The van der Waals surface area contributed by atoms with Gasteiger partial charge in [-0.2, -0.15) is 0 Å². The van der Waals surface area contributed by atoms with Crippen molar-refractivity contribution in [3.8, 4) is 0 Å². The summed E-state index contributed by atoms with van der Waals surface area (Å²) in [6.07, 6.45) is -0.148. The Morgan fingerprint density at radius 3 is 2.95 bits per heavy atom. The summed E-state index contributed by atoms with van der Waals surface area (Å²) >= 11 is 0. The Kier molecular flexibility index (Phi) is 3.82. The van der Waals surface area contributed by atoms with Crippen LogP contribution in [0.5, 0.6) is 0 Å². The highest BCUT2D eigenvalue weighted by molar-refractivity contribution is 5.66. The van der Waals surface area contributed by atoms with Gasteiger partial charge in [-0.3, -0.25) is 19.1 Å². The predicted octanol–water partition coefficient (Wildman–Crippen LogP) is -1.60. The standard InChI is InChI=1S/C11H14N2O6/c1-6(15)19-10-7(5-18-8(10)4-14)13-3-2-9(16)12-11(13)17/h2-3,7-8,10,14H,4-5H2,1H3,(H,12,16,17)/t7-,8-,10+/m0/s1. The lowest BCUT2D eigenvalue weighted by molar-refractivity contribution is -0.151. The van der Waals surface area contributed by atoms with Crippen molar-refractivity contribution < 1.29 is 19.4 Å². The van der Waals surface area contributed by atoms with Crippen LogP contribution in [0.1, 0.15) is 13.0 Å². The first kappa shape index (κ1) is 13.5. The molecule has 0 aromatic carbocycles. The van der Waals surface area contributed by atoms with Gasteiger partial charge in [0.15, 0.2) is 6.10 Å². The Balaban J connectivity index is 2.34. The van der Waals surface area contributed by atoms with Crippen molar-refractivity contribution in [3.63, 3.8) is 0 Å². The van der Waals surface area contributed by atoms with E-state index in [9.17, 15) is 14.4 Å². The van der Waals surface area contributed by atoms with Crippen molar-refractivity contribution >= 4 is 5.97 Å². The van der Waals surface area contributed by atoms with Crippen molar-refractivity contribution in [2.75, 3.05) is 13.2 Å². The number of rotatable bonds is 3. The Bertz CT molecular complexity index is 577. The molecule has 104 valence electrons. The lowest BCUT2D eigenvalue weighted by atomic mass is 10.1. The molecule has 3 atom stereocenters. The summed E-state index contributed by atoms with van der Waals surface area (Å²) in [6.45, 7) is 1.02. The second-order valence-corrected chi connectivity index (χ2v) is 4.21. The van der Waals surface area contributed by atoms with Crippen LogP contribution in [0.4, 0.5) is 0 Å². The zero-order valence-corrected chi connectivity index (χ0v) is 10.2. The molecule has 8 nitrogen and oxygen atoms in total. The van der Waals surface area contributed by atoms with E-state index in [1.165, 1.54) is 23.8 Å². The van der Waals surface area contributed by atoms with E-state index in [0.717, 1.165) is 0 Å². The van der Waals surface area contributed by atoms with E-state index >= 15 is 0 Å². The van der Waals surface area contributed by atoms with Crippen LogP contribution in [0.2, 0.25) is 0 Å². The minimum Gasteiger partial charge on any atom is -0.457 e. The van der Waals surface area contributed by atoms with Crippen molar-refractivity contribution in [2.45, 2.75) is 25.2 Å². The van der Waals surface area contributed by atoms with E-state index in [4.69, 9.17) is 14.6 Å². The molecule has 2 N–H and O–H groups in total. The van der Waals surface area contributed by atoms with Crippen molar-refractivity contribution in [2.24, 2.45) is 0 Å². The maximum atomic E-state index is 11.7. The minimum atomic E-state index is -0.772. The number of ether oxygens (including phenoxy) is 2. The zero-order valence-electron chi connectivity index (χ0n) is 10.2. The van der Waals surface area contributed by atoms with Gasteiger partial charge in [-0.1, -0.05) is 0 Å². The van der Waals surface area contributed by atoms with Crippen LogP contribution in [0.3, 0.4) is 0 Å². The van der Waals surface area contributed by atoms with E-state index in [1.54, 1.807) is 0 Å². The van der Waals surface area contributed by atoms with Crippen molar-refractivity contribution in [3.05, 3.63) is 33.1 Å². The smallest absolute Gasteiger partial charge is 0.328 e. The topological polar surface area (TPSA) is 111 Å². The maximum Gasteiger partial charge on any atom is 0.328 e. The maximum absolute atomic E-state index is 11.7. The first-order chi connectivity index (χ1) is 9.02. The second-order valence-electron chi connectivity index (χ2n) is 4.21. The third kappa shape index (κ3) is 2.74. The summed E-state index contributed by atoms with van der Waals surface area (Å²) in [5, 5.41) is 9.17. The van der Waals surface area contributed by atoms with Gasteiger partial charge in [0.2, 0.25) is 0 Å². The average Bonchev–Trinajstić information content (AvgIpc) is 2.71. The Hall–Kier alpha value is -1.93. The fourth-order valence-corrected chi connectivity index (χ4v) is 2.09. The predicted molar refractivity (Wildman–Crippen MR) is 62.7 cm³/mol. The molecular weight excluding hydrogens is 256 g/mol. The summed E-state index contributed by atoms with van der Waals surface area (Å²) in [5.74, 6) is -0.531. The molecule has 0 bridgehead atoms. The monoisotopic (exact) mass is 270 g/mol. The number of H-pyrrole nitrogens is 1. The molecule has 1 aliphatic rings. The molecule has 0 spiro atoms. The van der Waals surface area contributed by atoms with Crippen LogP contribution in [0, 0.1) is 0 Å². The van der Waals surface area contributed by atoms with Gasteiger partial charge >= 0.3 is 11.7 Å². The first-order valence-corrected chi connectivity index (χ1v) is 5.74. The molecule has 0 saturated carbocycles. The number of carbonyl (C=O) groups is 1. The minimum absolute atomic E-state index is 0.106. The third-order valence-corrected chi connectivity index (χ3v) is 2.92. The van der Waals surface area contributed by atoms with Crippen LogP contribution in [0.15, 0.2) is 21.9 Å². The van der Waals surface area contributed by atoms with Gasteiger partial charge in [-0.05, 0) is 0 Å². The number of aromatic amines is 1. The normalized spacial score (nSPS) is 26.3. The van der Waals surface area contributed by atoms with Gasteiger partial charge in [0.25, 0.3) is 5.56 Å². The summed E-state index contributed by atoms with van der Waals surface area (Å²) in [6, 6.07) is 0.615. The fourth-order valence-electron chi connectivity index (χ4n) is 2.09. The Morgan fingerprint density at radius 2 is 2.37 bits per heavy atom. The van der Waals surface area contributed by atoms with Crippen LogP contribution in [-0.4, -0.2) is 46.0 Å². The molecule has 0 aliphatic carbocycles. The number of esters is 1. The number of hydrogen-bond donors (Lipinski definition) is 2. The molecule has 0 amide bonds. The Labute approximate surface area is 107 Å². The van der Waals surface area contributed by atoms with Gasteiger partial charge in [-0.25, -0.2) is 4.79 Å². The number of aliphatic hydroxyl groups is 1. The third-order valence-electron chi connectivity index (χ3n) is 2.92. The van der Waals surface area contributed by atoms with Crippen LogP contribution in [0.25, 0.3) is 0 Å². The first-order valence-electron chi connectivity index (χ1n) is 5.74. The molecule has 1 aromatic heterocycles. The molecule has 2 heterocycles. The molecule has 0 radical (unpaired) electrons. The highest BCUT2D eigenvalue weighted by Gasteiger charge is 2.41. The van der Waals surface area contributed by atoms with Gasteiger partial charge in [0.05, 0.1) is 13.2 Å². The van der Waals surface area contributed by atoms with E-state index < -0.39 is 35.5 Å². The van der Waals surface area contributed by atoms with Crippen LogP contribution in [-0.2, 0) is 14.3 Å². The molecule has 19 heavy (non-hydrogen) atoms. The number of aromatic nitrogens is 2. The molecule has 0 unspecified atom stereocenters. The van der Waals surface area contributed by atoms with Gasteiger partial charge in [0, 0.05) is 19.2 Å². The second kappa shape index (κ2) is 5.37. The molecular formula is C11H14N2O6. The average molecular weight is 270 g/mol. The number of carbonyl (C=O) groups excluding carboxylic acids is 1. The molecule has 8 heteroatoms. The number of nitrogens with zero attached hydrogens (tertiary/aromatic N) is 1. The quantitative estimate of drug-likeness (QED) is 0.640. The highest BCUT2D eigenvalue weighted by Crippen LogP contribution is 2.26. The van der Waals surface area contributed by atoms with Gasteiger partial charge in [-0.15, -0.1) is 0 Å². The molecule has 1 aliphatic heterocycles. The van der Waals surface area contributed by atoms with Crippen LogP contribution >= 0.6 is 0 Å². The Morgan fingerprint density at radius 1 is 1.63 bits per heavy atom. The van der Waals surface area contributed by atoms with Crippen molar-refractivity contribution in [1.29, 1.82) is 0 Å². The van der Waals surface area contributed by atoms with E-state index in [1.807, 2.05) is 0 Å². The zero-order chi connectivity index (χ0) is 14.0. The summed E-state index contributed by atoms with van der Waals surface area (Å²) in [7, 11) is 0. The number of hydrogen-bond acceptors (Lipinski definition) is 6. The van der Waals surface area contributed by atoms with Gasteiger partial charge in [0.1, 0.15) is 12.1 Å². The molecule has 1 fully saturated rings. The SMILES string of the molecule is CC(=O)O[C@H]1[C@H](CO)OC[C@@H]1n1ccc(=O)[nH]c1=O. The number of aliphatic hydroxyl groups excluding tert-OH is 1. The molecule has 1 saturated heterocycles. The van der Waals surface area contributed by atoms with E-state index in [-0.39, 0.29) is 13.2 Å². The summed E-state index contributed by atoms with van der Waals surface area (Å²) in [4.78, 5) is 35.9. The van der Waals surface area contributed by atoms with Gasteiger partial charge < -0.3 is 14.6 Å². The molecule has 1 aromatic rings. The fraction of sp³-hybridized carbons (Fsp3) is 0.545. The molecule has 2 rings (SSSR count). The van der Waals surface area contributed by atoms with Crippen LogP contribution < -0.4 is 11.2 Å². The van der Waals surface area contributed by atoms with E-state index in [0.29, 0.717) is 0 Å². The lowest BCUT2D eigenvalue weighted by Crippen LogP contribution is -2.40. The lowest BCUT2D eigenvalue weighted by Gasteiger charge is -2.22. The number of nitrogens with one attached hydrogen (secondary N) is 1.